The zero-order valence-electron chi connectivity index (χ0n) is 14.0. The first-order valence-corrected chi connectivity index (χ1v) is 8.57. The van der Waals surface area contributed by atoms with Crippen LogP contribution >= 0.6 is 11.6 Å². The number of rotatable bonds is 3. The zero-order chi connectivity index (χ0) is 17.8. The van der Waals surface area contributed by atoms with Gasteiger partial charge in [-0.2, -0.15) is 0 Å². The predicted octanol–water partition coefficient (Wildman–Crippen LogP) is 2.49. The molecule has 0 radical (unpaired) electrons. The molecule has 2 amide bonds. The molecule has 1 aliphatic rings. The summed E-state index contributed by atoms with van der Waals surface area (Å²) in [4.78, 5) is 26.7. The standard InChI is InChI=1S/C19H20ClN3O2/c1-21-18(24)14-5-2-6-15(10-14)19(25)23-9-8-22-12-17(23)13-4-3-7-16(20)11-13/h2-7,10-11,17,22H,8-9,12H2,1H3,(H,21,24). The summed E-state index contributed by atoms with van der Waals surface area (Å²) in [5.41, 5.74) is 1.98. The van der Waals surface area contributed by atoms with Crippen LogP contribution < -0.4 is 10.6 Å². The van der Waals surface area contributed by atoms with E-state index in [9.17, 15) is 9.59 Å². The van der Waals surface area contributed by atoms with E-state index in [1.807, 2.05) is 29.2 Å². The van der Waals surface area contributed by atoms with Crippen molar-refractivity contribution in [3.63, 3.8) is 0 Å². The van der Waals surface area contributed by atoms with E-state index < -0.39 is 0 Å². The van der Waals surface area contributed by atoms with E-state index in [4.69, 9.17) is 11.6 Å². The predicted molar refractivity (Wildman–Crippen MR) is 97.9 cm³/mol. The number of benzene rings is 2. The summed E-state index contributed by atoms with van der Waals surface area (Å²) in [6, 6.07) is 14.3. The van der Waals surface area contributed by atoms with Crippen LogP contribution in [0, 0.1) is 0 Å². The summed E-state index contributed by atoms with van der Waals surface area (Å²) < 4.78 is 0. The Morgan fingerprint density at radius 1 is 1.16 bits per heavy atom. The van der Waals surface area contributed by atoms with Gasteiger partial charge in [-0.05, 0) is 35.9 Å². The van der Waals surface area contributed by atoms with Gasteiger partial charge in [0.05, 0.1) is 6.04 Å². The molecule has 0 saturated carbocycles. The van der Waals surface area contributed by atoms with Gasteiger partial charge in [-0.1, -0.05) is 29.8 Å². The molecule has 2 aromatic rings. The summed E-state index contributed by atoms with van der Waals surface area (Å²) in [6.45, 7) is 2.00. The summed E-state index contributed by atoms with van der Waals surface area (Å²) in [6.07, 6.45) is 0. The quantitative estimate of drug-likeness (QED) is 0.887. The van der Waals surface area contributed by atoms with E-state index in [0.29, 0.717) is 29.2 Å². The van der Waals surface area contributed by atoms with Crippen molar-refractivity contribution in [2.24, 2.45) is 0 Å². The molecule has 2 aromatic carbocycles. The molecule has 1 atom stereocenters. The fourth-order valence-corrected chi connectivity index (χ4v) is 3.26. The van der Waals surface area contributed by atoms with Gasteiger partial charge < -0.3 is 15.5 Å². The molecule has 1 fully saturated rings. The topological polar surface area (TPSA) is 61.4 Å². The number of nitrogens with one attached hydrogen (secondary N) is 2. The van der Waals surface area contributed by atoms with Gasteiger partial charge in [0.15, 0.2) is 0 Å². The van der Waals surface area contributed by atoms with Crippen LogP contribution in [0.25, 0.3) is 0 Å². The average molecular weight is 358 g/mol. The number of piperazine rings is 1. The van der Waals surface area contributed by atoms with Gasteiger partial charge in [0.1, 0.15) is 0 Å². The van der Waals surface area contributed by atoms with Crippen LogP contribution in [0.1, 0.15) is 32.3 Å². The Morgan fingerprint density at radius 2 is 1.92 bits per heavy atom. The van der Waals surface area contributed by atoms with E-state index in [0.717, 1.165) is 12.1 Å². The monoisotopic (exact) mass is 357 g/mol. The van der Waals surface area contributed by atoms with Crippen LogP contribution in [0.2, 0.25) is 5.02 Å². The van der Waals surface area contributed by atoms with Crippen LogP contribution in [0.3, 0.4) is 0 Å². The number of halogens is 1. The normalized spacial score (nSPS) is 17.2. The lowest BCUT2D eigenvalue weighted by atomic mass is 10.0. The van der Waals surface area contributed by atoms with Crippen molar-refractivity contribution in [2.45, 2.75) is 6.04 Å². The Bertz CT molecular complexity index is 794. The first-order chi connectivity index (χ1) is 12.1. The second kappa shape index (κ2) is 7.68. The Balaban J connectivity index is 1.90. The minimum absolute atomic E-state index is 0.0859. The number of carbonyl (C=O) groups excluding carboxylic acids is 2. The van der Waals surface area contributed by atoms with E-state index in [-0.39, 0.29) is 17.9 Å². The molecule has 1 saturated heterocycles. The van der Waals surface area contributed by atoms with E-state index in [1.54, 1.807) is 31.3 Å². The first-order valence-electron chi connectivity index (χ1n) is 8.19. The molecule has 1 unspecified atom stereocenters. The second-order valence-corrected chi connectivity index (χ2v) is 6.37. The molecule has 3 rings (SSSR count). The molecule has 0 spiro atoms. The van der Waals surface area contributed by atoms with Gasteiger partial charge in [-0.3, -0.25) is 9.59 Å². The van der Waals surface area contributed by atoms with Crippen LogP contribution in [-0.4, -0.2) is 43.4 Å². The summed E-state index contributed by atoms with van der Waals surface area (Å²) in [5.74, 6) is -0.293. The summed E-state index contributed by atoms with van der Waals surface area (Å²) in [5, 5.41) is 6.56. The van der Waals surface area contributed by atoms with E-state index in [2.05, 4.69) is 10.6 Å². The van der Waals surface area contributed by atoms with Gasteiger partial charge in [0.2, 0.25) is 0 Å². The molecule has 1 aliphatic heterocycles. The molecule has 0 bridgehead atoms. The average Bonchev–Trinajstić information content (AvgIpc) is 2.67. The Kier molecular flexibility index (Phi) is 5.36. The van der Waals surface area contributed by atoms with Gasteiger partial charge in [-0.15, -0.1) is 0 Å². The first kappa shape index (κ1) is 17.5. The van der Waals surface area contributed by atoms with Crippen molar-refractivity contribution in [3.8, 4) is 0 Å². The smallest absolute Gasteiger partial charge is 0.254 e. The highest BCUT2D eigenvalue weighted by Crippen LogP contribution is 2.26. The largest absolute Gasteiger partial charge is 0.355 e. The number of nitrogens with zero attached hydrogens (tertiary/aromatic N) is 1. The van der Waals surface area contributed by atoms with E-state index in [1.165, 1.54) is 0 Å². The summed E-state index contributed by atoms with van der Waals surface area (Å²) >= 11 is 6.11. The van der Waals surface area contributed by atoms with Crippen LogP contribution in [0.15, 0.2) is 48.5 Å². The maximum Gasteiger partial charge on any atom is 0.254 e. The third-order valence-electron chi connectivity index (χ3n) is 4.34. The molecular formula is C19H20ClN3O2. The van der Waals surface area contributed by atoms with Crippen LogP contribution in [-0.2, 0) is 0 Å². The Morgan fingerprint density at radius 3 is 2.68 bits per heavy atom. The molecule has 5 nitrogen and oxygen atoms in total. The third-order valence-corrected chi connectivity index (χ3v) is 4.57. The number of carbonyl (C=O) groups is 2. The van der Waals surface area contributed by atoms with Crippen molar-refractivity contribution in [1.29, 1.82) is 0 Å². The number of amides is 2. The van der Waals surface area contributed by atoms with E-state index >= 15 is 0 Å². The summed E-state index contributed by atoms with van der Waals surface area (Å²) in [7, 11) is 1.57. The minimum atomic E-state index is -0.207. The highest BCUT2D eigenvalue weighted by Gasteiger charge is 2.29. The van der Waals surface area contributed by atoms with Gasteiger partial charge in [0, 0.05) is 42.8 Å². The van der Waals surface area contributed by atoms with Crippen LogP contribution in [0.4, 0.5) is 0 Å². The zero-order valence-corrected chi connectivity index (χ0v) is 14.7. The van der Waals surface area contributed by atoms with Crippen molar-refractivity contribution < 1.29 is 9.59 Å². The third kappa shape index (κ3) is 3.83. The van der Waals surface area contributed by atoms with Crippen molar-refractivity contribution >= 4 is 23.4 Å². The maximum absolute atomic E-state index is 13.1. The fourth-order valence-electron chi connectivity index (χ4n) is 3.06. The van der Waals surface area contributed by atoms with Crippen molar-refractivity contribution in [1.82, 2.24) is 15.5 Å². The van der Waals surface area contributed by atoms with Crippen molar-refractivity contribution in [2.75, 3.05) is 26.7 Å². The molecule has 0 aliphatic carbocycles. The molecule has 1 heterocycles. The lowest BCUT2D eigenvalue weighted by Gasteiger charge is -2.36. The highest BCUT2D eigenvalue weighted by atomic mass is 35.5. The number of hydrogen-bond acceptors (Lipinski definition) is 3. The molecule has 0 aromatic heterocycles. The minimum Gasteiger partial charge on any atom is -0.355 e. The van der Waals surface area contributed by atoms with Crippen LogP contribution in [0.5, 0.6) is 0 Å². The second-order valence-electron chi connectivity index (χ2n) is 5.93. The SMILES string of the molecule is CNC(=O)c1cccc(C(=O)N2CCNCC2c2cccc(Cl)c2)c1. The van der Waals surface area contributed by atoms with Gasteiger partial charge >= 0.3 is 0 Å². The molecule has 6 heteroatoms. The highest BCUT2D eigenvalue weighted by molar-refractivity contribution is 6.30. The Labute approximate surface area is 152 Å². The molecule has 2 N–H and O–H groups in total. The fraction of sp³-hybridized carbons (Fsp3) is 0.263. The molecule has 25 heavy (non-hydrogen) atoms. The molecule has 130 valence electrons. The van der Waals surface area contributed by atoms with Crippen molar-refractivity contribution in [3.05, 3.63) is 70.2 Å². The van der Waals surface area contributed by atoms with Gasteiger partial charge in [-0.25, -0.2) is 0 Å². The lowest BCUT2D eigenvalue weighted by Crippen LogP contribution is -2.48. The lowest BCUT2D eigenvalue weighted by molar-refractivity contribution is 0.0634. The van der Waals surface area contributed by atoms with Gasteiger partial charge in [0.25, 0.3) is 11.8 Å². The molecular weight excluding hydrogens is 338 g/mol. The maximum atomic E-state index is 13.1. The Hall–Kier alpha value is -2.37. The number of hydrogen-bond donors (Lipinski definition) is 2.